The van der Waals surface area contributed by atoms with Crippen molar-refractivity contribution in [3.8, 4) is 0 Å². The number of amides is 1. The Labute approximate surface area is 73.5 Å². The largest absolute Gasteiger partial charge is 0.346 e. The zero-order valence-electron chi connectivity index (χ0n) is 8.18. The average Bonchev–Trinajstić information content (AvgIpc) is 2.04. The van der Waals surface area contributed by atoms with Crippen molar-refractivity contribution in [2.75, 3.05) is 0 Å². The molecule has 0 aliphatic rings. The highest BCUT2D eigenvalue weighted by molar-refractivity contribution is 5.84. The van der Waals surface area contributed by atoms with Crippen LogP contribution in [0.3, 0.4) is 0 Å². The number of aldehydes is 1. The Bertz CT molecular complexity index is 175. The van der Waals surface area contributed by atoms with E-state index in [1.807, 2.05) is 20.8 Å². The van der Waals surface area contributed by atoms with Crippen molar-refractivity contribution in [3.63, 3.8) is 0 Å². The monoisotopic (exact) mass is 171 g/mol. The predicted octanol–water partition coefficient (Wildman–Crippen LogP) is 1.13. The van der Waals surface area contributed by atoms with E-state index < -0.39 is 0 Å². The predicted molar refractivity (Wildman–Crippen MR) is 47.7 cm³/mol. The Morgan fingerprint density at radius 2 is 2.08 bits per heavy atom. The molecule has 0 aromatic carbocycles. The van der Waals surface area contributed by atoms with Crippen molar-refractivity contribution in [2.24, 2.45) is 5.41 Å². The average molecular weight is 171 g/mol. The summed E-state index contributed by atoms with van der Waals surface area (Å²) in [7, 11) is 0. The molecule has 0 radical (unpaired) electrons. The van der Waals surface area contributed by atoms with Crippen molar-refractivity contribution < 1.29 is 9.59 Å². The molecule has 0 saturated heterocycles. The summed E-state index contributed by atoms with van der Waals surface area (Å²) in [6, 6.07) is -0.386. The maximum atomic E-state index is 11.4. The lowest BCUT2D eigenvalue weighted by Gasteiger charge is -2.22. The van der Waals surface area contributed by atoms with Gasteiger partial charge >= 0.3 is 0 Å². The number of hydrogen-bond acceptors (Lipinski definition) is 2. The molecule has 0 aromatic heterocycles. The van der Waals surface area contributed by atoms with E-state index in [1.54, 1.807) is 6.92 Å². The third-order valence-corrected chi connectivity index (χ3v) is 2.06. The van der Waals surface area contributed by atoms with Gasteiger partial charge in [-0.15, -0.1) is 0 Å². The molecule has 0 unspecified atom stereocenters. The first-order valence-corrected chi connectivity index (χ1v) is 4.20. The quantitative estimate of drug-likeness (QED) is 0.644. The van der Waals surface area contributed by atoms with Crippen LogP contribution in [0, 0.1) is 5.41 Å². The van der Waals surface area contributed by atoms with Gasteiger partial charge in [0.1, 0.15) is 6.29 Å². The highest BCUT2D eigenvalue weighted by Crippen LogP contribution is 2.19. The summed E-state index contributed by atoms with van der Waals surface area (Å²) in [5, 5.41) is 2.61. The third kappa shape index (κ3) is 3.03. The normalized spacial score (nSPS) is 13.7. The zero-order valence-corrected chi connectivity index (χ0v) is 8.18. The lowest BCUT2D eigenvalue weighted by atomic mass is 9.89. The van der Waals surface area contributed by atoms with Crippen LogP contribution in [0.5, 0.6) is 0 Å². The maximum absolute atomic E-state index is 11.4. The van der Waals surface area contributed by atoms with Crippen molar-refractivity contribution in [3.05, 3.63) is 0 Å². The van der Waals surface area contributed by atoms with Gasteiger partial charge in [0.05, 0.1) is 6.04 Å². The van der Waals surface area contributed by atoms with Gasteiger partial charge in [-0.05, 0) is 13.3 Å². The number of nitrogens with one attached hydrogen (secondary N) is 1. The molecular formula is C9H17NO2. The Balaban J connectivity index is 4.12. The van der Waals surface area contributed by atoms with Crippen molar-refractivity contribution in [1.29, 1.82) is 0 Å². The minimum Gasteiger partial charge on any atom is -0.346 e. The van der Waals surface area contributed by atoms with Gasteiger partial charge in [-0.2, -0.15) is 0 Å². The fourth-order valence-corrected chi connectivity index (χ4v) is 0.597. The molecule has 0 bridgehead atoms. The summed E-state index contributed by atoms with van der Waals surface area (Å²) in [5.41, 5.74) is -0.378. The molecule has 3 nitrogen and oxygen atoms in total. The minimum absolute atomic E-state index is 0.0652. The van der Waals surface area contributed by atoms with Crippen LogP contribution < -0.4 is 5.32 Å². The number of hydrogen-bond donors (Lipinski definition) is 1. The Hall–Kier alpha value is -0.860. The molecule has 1 amide bonds. The summed E-state index contributed by atoms with van der Waals surface area (Å²) in [6.45, 7) is 7.33. The highest BCUT2D eigenvalue weighted by Gasteiger charge is 2.25. The molecule has 0 heterocycles. The molecule has 0 spiro atoms. The molecule has 0 saturated carbocycles. The molecule has 3 heteroatoms. The lowest BCUT2D eigenvalue weighted by Crippen LogP contribution is -2.42. The van der Waals surface area contributed by atoms with Gasteiger partial charge in [0.25, 0.3) is 0 Å². The second-order valence-corrected chi connectivity index (χ2v) is 3.64. The molecular weight excluding hydrogens is 154 g/mol. The van der Waals surface area contributed by atoms with Crippen LogP contribution in [0.1, 0.15) is 34.1 Å². The molecule has 70 valence electrons. The van der Waals surface area contributed by atoms with E-state index in [2.05, 4.69) is 5.32 Å². The minimum atomic E-state index is -0.386. The summed E-state index contributed by atoms with van der Waals surface area (Å²) < 4.78 is 0. The summed E-state index contributed by atoms with van der Waals surface area (Å²) in [6.07, 6.45) is 1.49. The molecule has 0 aliphatic heterocycles. The van der Waals surface area contributed by atoms with Crippen LogP contribution in [-0.2, 0) is 9.59 Å². The standard InChI is InChI=1S/C9H17NO2/c1-5-9(3,4)8(12)10-7(2)6-11/h6-7H,5H2,1-4H3,(H,10,12)/t7-/m1/s1. The Morgan fingerprint density at radius 3 is 2.42 bits per heavy atom. The van der Waals surface area contributed by atoms with Crippen molar-refractivity contribution in [1.82, 2.24) is 5.32 Å². The van der Waals surface area contributed by atoms with Gasteiger partial charge in [0.2, 0.25) is 5.91 Å². The van der Waals surface area contributed by atoms with Crippen LogP contribution in [0.25, 0.3) is 0 Å². The summed E-state index contributed by atoms with van der Waals surface area (Å²) >= 11 is 0. The van der Waals surface area contributed by atoms with Crippen molar-refractivity contribution >= 4 is 12.2 Å². The smallest absolute Gasteiger partial charge is 0.226 e. The highest BCUT2D eigenvalue weighted by atomic mass is 16.2. The van der Waals surface area contributed by atoms with Gasteiger partial charge < -0.3 is 10.1 Å². The van der Waals surface area contributed by atoms with Crippen LogP contribution >= 0.6 is 0 Å². The second-order valence-electron chi connectivity index (χ2n) is 3.64. The van der Waals surface area contributed by atoms with E-state index >= 15 is 0 Å². The van der Waals surface area contributed by atoms with E-state index in [9.17, 15) is 9.59 Å². The van der Waals surface area contributed by atoms with Crippen LogP contribution in [-0.4, -0.2) is 18.2 Å². The van der Waals surface area contributed by atoms with Gasteiger partial charge in [-0.1, -0.05) is 20.8 Å². The van der Waals surface area contributed by atoms with Gasteiger partial charge in [0, 0.05) is 5.41 Å². The van der Waals surface area contributed by atoms with E-state index in [-0.39, 0.29) is 17.4 Å². The van der Waals surface area contributed by atoms with E-state index in [0.717, 1.165) is 12.7 Å². The fourth-order valence-electron chi connectivity index (χ4n) is 0.597. The lowest BCUT2D eigenvalue weighted by molar-refractivity contribution is -0.131. The first-order chi connectivity index (χ1) is 5.44. The van der Waals surface area contributed by atoms with E-state index in [1.165, 1.54) is 0 Å². The number of carbonyl (C=O) groups is 2. The zero-order chi connectivity index (χ0) is 9.78. The fraction of sp³-hybridized carbons (Fsp3) is 0.778. The third-order valence-electron chi connectivity index (χ3n) is 2.06. The first-order valence-electron chi connectivity index (χ1n) is 4.20. The number of carbonyl (C=O) groups excluding carboxylic acids is 2. The maximum Gasteiger partial charge on any atom is 0.226 e. The molecule has 0 aliphatic carbocycles. The van der Waals surface area contributed by atoms with E-state index in [4.69, 9.17) is 0 Å². The van der Waals surface area contributed by atoms with Crippen molar-refractivity contribution in [2.45, 2.75) is 40.2 Å². The first kappa shape index (κ1) is 11.1. The van der Waals surface area contributed by atoms with E-state index in [0.29, 0.717) is 0 Å². The SMILES string of the molecule is CCC(C)(C)C(=O)N[C@H](C)C=O. The molecule has 0 fully saturated rings. The molecule has 0 aromatic rings. The summed E-state index contributed by atoms with van der Waals surface area (Å²) in [5.74, 6) is -0.0652. The van der Waals surface area contributed by atoms with Gasteiger partial charge in [-0.25, -0.2) is 0 Å². The Morgan fingerprint density at radius 1 is 1.58 bits per heavy atom. The van der Waals surface area contributed by atoms with Crippen LogP contribution in [0.15, 0.2) is 0 Å². The second kappa shape index (κ2) is 4.24. The molecule has 12 heavy (non-hydrogen) atoms. The topological polar surface area (TPSA) is 46.2 Å². The van der Waals surface area contributed by atoms with Crippen LogP contribution in [0.4, 0.5) is 0 Å². The van der Waals surface area contributed by atoms with Crippen LogP contribution in [0.2, 0.25) is 0 Å². The molecule has 1 atom stereocenters. The summed E-state index contributed by atoms with van der Waals surface area (Å²) in [4.78, 5) is 21.6. The molecule has 0 rings (SSSR count). The Kier molecular flexibility index (Phi) is 3.93. The van der Waals surface area contributed by atoms with Gasteiger partial charge in [0.15, 0.2) is 0 Å². The molecule has 1 N–H and O–H groups in total. The number of rotatable bonds is 4. The van der Waals surface area contributed by atoms with Gasteiger partial charge in [-0.3, -0.25) is 4.79 Å².